The summed E-state index contributed by atoms with van der Waals surface area (Å²) in [5.74, 6) is -0.344. The molecule has 1 atom stereocenters. The Morgan fingerprint density at radius 3 is 3.22 bits per heavy atom. The average molecular weight is 129 g/mol. The van der Waals surface area contributed by atoms with Gasteiger partial charge in [-0.2, -0.15) is 0 Å². The summed E-state index contributed by atoms with van der Waals surface area (Å²) in [4.78, 5) is 14.3. The minimum Gasteiger partial charge on any atom is -0.481 e. The number of ether oxygens (including phenoxy) is 2. The number of hydrogen-bond acceptors (Lipinski definition) is 4. The first-order valence-corrected chi connectivity index (χ1v) is 2.55. The van der Waals surface area contributed by atoms with Gasteiger partial charge in [0, 0.05) is 0 Å². The number of esters is 1. The summed E-state index contributed by atoms with van der Waals surface area (Å²) in [6.45, 7) is 0.312. The van der Waals surface area contributed by atoms with Gasteiger partial charge in [-0.25, -0.2) is 9.79 Å². The Balaban J connectivity index is 2.43. The molecule has 0 aromatic heterocycles. The van der Waals surface area contributed by atoms with E-state index in [1.807, 2.05) is 0 Å². The normalized spacial score (nSPS) is 23.4. The van der Waals surface area contributed by atoms with Gasteiger partial charge in [0.15, 0.2) is 12.4 Å². The molecule has 0 radical (unpaired) electrons. The van der Waals surface area contributed by atoms with Crippen LogP contribution in [0.2, 0.25) is 0 Å². The van der Waals surface area contributed by atoms with Crippen molar-refractivity contribution >= 4 is 12.4 Å². The van der Waals surface area contributed by atoms with Crippen LogP contribution in [0, 0.1) is 0 Å². The smallest absolute Gasteiger partial charge is 0.334 e. The minimum atomic E-state index is -0.435. The lowest BCUT2D eigenvalue weighted by atomic mass is 10.3. The average Bonchev–Trinajstić information content (AvgIpc) is 2.37. The Morgan fingerprint density at radius 2 is 2.78 bits per heavy atom. The molecule has 9 heavy (non-hydrogen) atoms. The van der Waals surface area contributed by atoms with E-state index in [0.29, 0.717) is 6.61 Å². The fourth-order valence-electron chi connectivity index (χ4n) is 0.559. The van der Waals surface area contributed by atoms with Crippen LogP contribution in [0.15, 0.2) is 4.99 Å². The highest BCUT2D eigenvalue weighted by molar-refractivity contribution is 5.78. The van der Waals surface area contributed by atoms with Crippen LogP contribution in [0.25, 0.3) is 0 Å². The lowest BCUT2D eigenvalue weighted by Gasteiger charge is -1.99. The standard InChI is InChI=1S/C5H7NO3/c1-8-5(7)4-2-9-3-6-4/h3-4H,2H2,1H3. The maximum atomic E-state index is 10.6. The summed E-state index contributed by atoms with van der Waals surface area (Å²) in [5.41, 5.74) is 0. The molecule has 1 aliphatic rings. The van der Waals surface area contributed by atoms with Crippen LogP contribution in [-0.2, 0) is 14.3 Å². The molecule has 0 saturated heterocycles. The molecule has 0 saturated carbocycles. The molecule has 0 aromatic rings. The van der Waals surface area contributed by atoms with Gasteiger partial charge in [0.1, 0.15) is 6.61 Å². The molecule has 1 rings (SSSR count). The quantitative estimate of drug-likeness (QED) is 0.452. The third kappa shape index (κ3) is 1.19. The van der Waals surface area contributed by atoms with E-state index < -0.39 is 6.04 Å². The summed E-state index contributed by atoms with van der Waals surface area (Å²) in [6.07, 6.45) is 1.27. The van der Waals surface area contributed by atoms with Crippen LogP contribution in [0.1, 0.15) is 0 Å². The molecule has 0 amide bonds. The second-order valence-corrected chi connectivity index (χ2v) is 1.63. The number of hydrogen-bond donors (Lipinski definition) is 0. The first-order valence-electron chi connectivity index (χ1n) is 2.55. The van der Waals surface area contributed by atoms with Gasteiger partial charge in [0.2, 0.25) is 0 Å². The maximum absolute atomic E-state index is 10.6. The van der Waals surface area contributed by atoms with Crippen molar-refractivity contribution in [1.82, 2.24) is 0 Å². The molecule has 1 heterocycles. The summed E-state index contributed by atoms with van der Waals surface area (Å²) >= 11 is 0. The molecule has 0 aliphatic carbocycles. The lowest BCUT2D eigenvalue weighted by molar-refractivity contribution is -0.142. The van der Waals surface area contributed by atoms with Crippen molar-refractivity contribution in [2.75, 3.05) is 13.7 Å². The molecule has 4 nitrogen and oxygen atoms in total. The zero-order chi connectivity index (χ0) is 6.69. The van der Waals surface area contributed by atoms with Gasteiger partial charge in [-0.05, 0) is 0 Å². The number of methoxy groups -OCH3 is 1. The number of nitrogens with zero attached hydrogens (tertiary/aromatic N) is 1. The highest BCUT2D eigenvalue weighted by Crippen LogP contribution is 1.99. The highest BCUT2D eigenvalue weighted by atomic mass is 16.5. The number of aliphatic imine (C=N–C) groups is 1. The van der Waals surface area contributed by atoms with E-state index in [-0.39, 0.29) is 5.97 Å². The Labute approximate surface area is 52.5 Å². The minimum absolute atomic E-state index is 0.312. The number of carbonyl (C=O) groups excluding carboxylic acids is 1. The van der Waals surface area contributed by atoms with Crippen molar-refractivity contribution in [2.45, 2.75) is 6.04 Å². The molecule has 1 unspecified atom stereocenters. The van der Waals surface area contributed by atoms with Crippen molar-refractivity contribution < 1.29 is 14.3 Å². The number of rotatable bonds is 1. The second-order valence-electron chi connectivity index (χ2n) is 1.63. The van der Waals surface area contributed by atoms with E-state index in [1.54, 1.807) is 0 Å². The second kappa shape index (κ2) is 2.48. The molecule has 0 N–H and O–H groups in total. The Kier molecular flexibility index (Phi) is 1.67. The largest absolute Gasteiger partial charge is 0.481 e. The van der Waals surface area contributed by atoms with Crippen LogP contribution in [0.3, 0.4) is 0 Å². The van der Waals surface area contributed by atoms with Crippen molar-refractivity contribution in [3.05, 3.63) is 0 Å². The molecular weight excluding hydrogens is 122 g/mol. The zero-order valence-electron chi connectivity index (χ0n) is 5.03. The summed E-state index contributed by atoms with van der Waals surface area (Å²) in [7, 11) is 1.33. The number of carbonyl (C=O) groups is 1. The van der Waals surface area contributed by atoms with E-state index in [0.717, 1.165) is 0 Å². The first-order chi connectivity index (χ1) is 4.34. The Morgan fingerprint density at radius 1 is 2.00 bits per heavy atom. The third-order valence-electron chi connectivity index (χ3n) is 1.04. The fraction of sp³-hybridized carbons (Fsp3) is 0.600. The predicted molar refractivity (Wildman–Crippen MR) is 30.2 cm³/mol. The van der Waals surface area contributed by atoms with Crippen molar-refractivity contribution in [1.29, 1.82) is 0 Å². The van der Waals surface area contributed by atoms with Crippen molar-refractivity contribution in [3.63, 3.8) is 0 Å². The van der Waals surface area contributed by atoms with E-state index in [4.69, 9.17) is 0 Å². The van der Waals surface area contributed by atoms with Crippen molar-refractivity contribution in [3.8, 4) is 0 Å². The Hall–Kier alpha value is -1.06. The summed E-state index contributed by atoms with van der Waals surface area (Å²) in [6, 6.07) is -0.435. The van der Waals surface area contributed by atoms with Gasteiger partial charge in [-0.3, -0.25) is 0 Å². The topological polar surface area (TPSA) is 47.9 Å². The molecular formula is C5H7NO3. The molecule has 1 aliphatic heterocycles. The van der Waals surface area contributed by atoms with E-state index in [2.05, 4.69) is 14.5 Å². The monoisotopic (exact) mass is 129 g/mol. The van der Waals surface area contributed by atoms with Crippen LogP contribution < -0.4 is 0 Å². The molecule has 50 valence electrons. The predicted octanol–water partition coefficient (Wildman–Crippen LogP) is -0.414. The SMILES string of the molecule is COC(=O)C1COC=N1. The van der Waals surface area contributed by atoms with Crippen LogP contribution >= 0.6 is 0 Å². The van der Waals surface area contributed by atoms with Crippen LogP contribution in [0.5, 0.6) is 0 Å². The van der Waals surface area contributed by atoms with Gasteiger partial charge in [0.05, 0.1) is 7.11 Å². The lowest BCUT2D eigenvalue weighted by Crippen LogP contribution is -2.21. The van der Waals surface area contributed by atoms with Gasteiger partial charge >= 0.3 is 5.97 Å². The van der Waals surface area contributed by atoms with Gasteiger partial charge in [-0.15, -0.1) is 0 Å². The fourth-order valence-corrected chi connectivity index (χ4v) is 0.559. The van der Waals surface area contributed by atoms with E-state index in [1.165, 1.54) is 13.5 Å². The first kappa shape index (κ1) is 6.07. The Bertz CT molecular complexity index is 143. The molecule has 0 spiro atoms. The van der Waals surface area contributed by atoms with Gasteiger partial charge in [-0.1, -0.05) is 0 Å². The van der Waals surface area contributed by atoms with Gasteiger partial charge in [0.25, 0.3) is 0 Å². The highest BCUT2D eigenvalue weighted by Gasteiger charge is 2.20. The van der Waals surface area contributed by atoms with Crippen molar-refractivity contribution in [2.24, 2.45) is 4.99 Å². The molecule has 0 aromatic carbocycles. The summed E-state index contributed by atoms with van der Waals surface area (Å²) in [5, 5.41) is 0. The van der Waals surface area contributed by atoms with Gasteiger partial charge < -0.3 is 9.47 Å². The zero-order valence-corrected chi connectivity index (χ0v) is 5.03. The van der Waals surface area contributed by atoms with Crippen LogP contribution in [0.4, 0.5) is 0 Å². The third-order valence-corrected chi connectivity index (χ3v) is 1.04. The molecule has 0 fully saturated rings. The van der Waals surface area contributed by atoms with E-state index in [9.17, 15) is 4.79 Å². The molecule has 4 heteroatoms. The molecule has 0 bridgehead atoms. The van der Waals surface area contributed by atoms with Crippen LogP contribution in [-0.4, -0.2) is 32.1 Å². The van der Waals surface area contributed by atoms with E-state index >= 15 is 0 Å². The summed E-state index contributed by atoms with van der Waals surface area (Å²) < 4.78 is 9.09. The maximum Gasteiger partial charge on any atom is 0.334 e.